The molecule has 0 bridgehead atoms. The molecule has 1 heterocycles. The van der Waals surface area contributed by atoms with Gasteiger partial charge in [0.05, 0.1) is 6.54 Å². The molecule has 0 radical (unpaired) electrons. The monoisotopic (exact) mass is 265 g/mol. The zero-order valence-corrected chi connectivity index (χ0v) is 9.73. The van der Waals surface area contributed by atoms with E-state index in [1.807, 2.05) is 0 Å². The van der Waals surface area contributed by atoms with Crippen LogP contribution in [0, 0.1) is 23.5 Å². The van der Waals surface area contributed by atoms with Crippen molar-refractivity contribution in [1.29, 1.82) is 0 Å². The molecule has 0 saturated heterocycles. The first kappa shape index (κ1) is 14.2. The van der Waals surface area contributed by atoms with Gasteiger partial charge in [-0.2, -0.15) is 22.5 Å². The quantitative estimate of drug-likeness (QED) is 0.657. The Kier molecular flexibility index (Phi) is 4.46. The third kappa shape index (κ3) is 2.88. The number of aromatic nitrogens is 1. The van der Waals surface area contributed by atoms with Crippen molar-refractivity contribution < 1.29 is 22.4 Å². The summed E-state index contributed by atoms with van der Waals surface area (Å²) in [7, 11) is 1.13. The van der Waals surface area contributed by atoms with Crippen LogP contribution in [0.1, 0.15) is 6.92 Å². The van der Waals surface area contributed by atoms with Crippen molar-refractivity contribution in [3.63, 3.8) is 0 Å². The molecule has 0 spiro atoms. The van der Waals surface area contributed by atoms with E-state index in [9.17, 15) is 22.4 Å². The Balaban J connectivity index is 3.05. The molecule has 8 heteroatoms. The van der Waals surface area contributed by atoms with E-state index in [1.54, 1.807) is 6.92 Å². The lowest BCUT2D eigenvalue weighted by molar-refractivity contribution is -0.119. The van der Waals surface area contributed by atoms with Crippen molar-refractivity contribution in [3.05, 3.63) is 23.5 Å². The number of anilines is 1. The van der Waals surface area contributed by atoms with Gasteiger partial charge in [0.1, 0.15) is 5.69 Å². The van der Waals surface area contributed by atoms with E-state index < -0.39 is 41.7 Å². The minimum Gasteiger partial charge on any atom is -0.360 e. The standard InChI is InChI=1S/C10H11F4N3O/c1-3-15-5(18)4-17(2)8-6(11)9(13)16-10(14)7(8)12/h3-4H2,1-2H3,(H,15,18). The molecule has 4 nitrogen and oxygen atoms in total. The normalized spacial score (nSPS) is 10.3. The van der Waals surface area contributed by atoms with Gasteiger partial charge < -0.3 is 10.2 Å². The van der Waals surface area contributed by atoms with Crippen LogP contribution in [0.15, 0.2) is 0 Å². The van der Waals surface area contributed by atoms with Gasteiger partial charge in [-0.15, -0.1) is 0 Å². The molecule has 0 aliphatic carbocycles. The van der Waals surface area contributed by atoms with Crippen molar-refractivity contribution in [2.75, 3.05) is 25.0 Å². The first-order valence-corrected chi connectivity index (χ1v) is 5.06. The Bertz CT molecular complexity index is 441. The number of carbonyl (C=O) groups is 1. The van der Waals surface area contributed by atoms with Gasteiger partial charge in [0.2, 0.25) is 17.5 Å². The Labute approximate surface area is 101 Å². The predicted molar refractivity (Wildman–Crippen MR) is 56.0 cm³/mol. The van der Waals surface area contributed by atoms with Gasteiger partial charge in [0.15, 0.2) is 0 Å². The van der Waals surface area contributed by atoms with E-state index in [-0.39, 0.29) is 0 Å². The van der Waals surface area contributed by atoms with Crippen LogP contribution in [-0.4, -0.2) is 31.0 Å². The molecule has 1 N–H and O–H groups in total. The van der Waals surface area contributed by atoms with E-state index in [4.69, 9.17) is 0 Å². The molecule has 0 unspecified atom stereocenters. The van der Waals surface area contributed by atoms with Gasteiger partial charge in [-0.05, 0) is 6.92 Å². The lowest BCUT2D eigenvalue weighted by Crippen LogP contribution is -2.36. The van der Waals surface area contributed by atoms with Gasteiger partial charge in [-0.1, -0.05) is 0 Å². The highest BCUT2D eigenvalue weighted by Crippen LogP contribution is 2.24. The fourth-order valence-corrected chi connectivity index (χ4v) is 1.36. The maximum absolute atomic E-state index is 13.3. The van der Waals surface area contributed by atoms with E-state index in [0.29, 0.717) is 6.54 Å². The number of halogens is 4. The molecule has 1 rings (SSSR count). The summed E-state index contributed by atoms with van der Waals surface area (Å²) < 4.78 is 52.3. The molecule has 1 amide bonds. The molecule has 0 fully saturated rings. The average Bonchev–Trinajstić information content (AvgIpc) is 2.27. The number of amides is 1. The number of nitrogens with one attached hydrogen (secondary N) is 1. The molecule has 0 aliphatic heterocycles. The Morgan fingerprint density at radius 1 is 1.22 bits per heavy atom. The van der Waals surface area contributed by atoms with Gasteiger partial charge in [0, 0.05) is 13.6 Å². The minimum atomic E-state index is -1.76. The van der Waals surface area contributed by atoms with Gasteiger partial charge in [-0.25, -0.2) is 0 Å². The molecule has 1 aromatic rings. The molecule has 0 atom stereocenters. The summed E-state index contributed by atoms with van der Waals surface area (Å²) in [5.41, 5.74) is -0.966. The Morgan fingerprint density at radius 3 is 2.17 bits per heavy atom. The van der Waals surface area contributed by atoms with Crippen LogP contribution in [0.2, 0.25) is 0 Å². The third-order valence-electron chi connectivity index (χ3n) is 2.11. The summed E-state index contributed by atoms with van der Waals surface area (Å²) in [6, 6.07) is 0. The van der Waals surface area contributed by atoms with Gasteiger partial charge in [0.25, 0.3) is 11.9 Å². The Morgan fingerprint density at radius 2 is 1.72 bits per heavy atom. The van der Waals surface area contributed by atoms with Crippen LogP contribution in [0.5, 0.6) is 0 Å². The molecule has 100 valence electrons. The Hall–Kier alpha value is -1.86. The lowest BCUT2D eigenvalue weighted by Gasteiger charge is -2.19. The fraction of sp³-hybridized carbons (Fsp3) is 0.400. The second-order valence-corrected chi connectivity index (χ2v) is 3.48. The summed E-state index contributed by atoms with van der Waals surface area (Å²) in [4.78, 5) is 14.4. The first-order valence-electron chi connectivity index (χ1n) is 5.06. The number of carbonyl (C=O) groups excluding carboxylic acids is 1. The lowest BCUT2D eigenvalue weighted by atomic mass is 10.3. The average molecular weight is 265 g/mol. The first-order chi connectivity index (χ1) is 8.38. The van der Waals surface area contributed by atoms with Crippen molar-refractivity contribution in [1.82, 2.24) is 10.3 Å². The third-order valence-corrected chi connectivity index (χ3v) is 2.11. The second-order valence-electron chi connectivity index (χ2n) is 3.48. The van der Waals surface area contributed by atoms with Gasteiger partial charge in [-0.3, -0.25) is 4.79 Å². The molecular formula is C10H11F4N3O. The highest BCUT2D eigenvalue weighted by Gasteiger charge is 2.24. The number of likely N-dealkylation sites (N-methyl/N-ethyl adjacent to an activating group) is 2. The number of hydrogen-bond donors (Lipinski definition) is 1. The van der Waals surface area contributed by atoms with Crippen LogP contribution < -0.4 is 10.2 Å². The molecular weight excluding hydrogens is 254 g/mol. The molecule has 0 aromatic carbocycles. The maximum atomic E-state index is 13.3. The van der Waals surface area contributed by atoms with Crippen LogP contribution in [-0.2, 0) is 4.79 Å². The second kappa shape index (κ2) is 5.65. The van der Waals surface area contributed by atoms with Crippen LogP contribution in [0.3, 0.4) is 0 Å². The summed E-state index contributed by atoms with van der Waals surface area (Å²) in [6.45, 7) is 1.55. The summed E-state index contributed by atoms with van der Waals surface area (Å²) in [6.07, 6.45) is 0. The molecule has 0 saturated carbocycles. The van der Waals surface area contributed by atoms with Gasteiger partial charge >= 0.3 is 0 Å². The zero-order valence-electron chi connectivity index (χ0n) is 9.73. The number of hydrogen-bond acceptors (Lipinski definition) is 3. The molecule has 1 aromatic heterocycles. The van der Waals surface area contributed by atoms with Crippen LogP contribution in [0.4, 0.5) is 23.2 Å². The van der Waals surface area contributed by atoms with Crippen LogP contribution >= 0.6 is 0 Å². The SMILES string of the molecule is CCNC(=O)CN(C)c1c(F)c(F)nc(F)c1F. The van der Waals surface area contributed by atoms with E-state index in [0.717, 1.165) is 11.9 Å². The predicted octanol–water partition coefficient (Wildman–Crippen LogP) is 1.21. The van der Waals surface area contributed by atoms with E-state index >= 15 is 0 Å². The highest BCUT2D eigenvalue weighted by atomic mass is 19.2. The van der Waals surface area contributed by atoms with Crippen molar-refractivity contribution in [2.24, 2.45) is 0 Å². The zero-order chi connectivity index (χ0) is 13.9. The van der Waals surface area contributed by atoms with E-state index in [2.05, 4.69) is 10.3 Å². The number of rotatable bonds is 4. The smallest absolute Gasteiger partial charge is 0.253 e. The maximum Gasteiger partial charge on any atom is 0.253 e. The topological polar surface area (TPSA) is 45.2 Å². The van der Waals surface area contributed by atoms with Crippen molar-refractivity contribution in [3.8, 4) is 0 Å². The van der Waals surface area contributed by atoms with Crippen molar-refractivity contribution in [2.45, 2.75) is 6.92 Å². The summed E-state index contributed by atoms with van der Waals surface area (Å²) >= 11 is 0. The summed E-state index contributed by atoms with van der Waals surface area (Å²) in [5, 5.41) is 2.39. The fourth-order valence-electron chi connectivity index (χ4n) is 1.36. The molecule has 0 aliphatic rings. The van der Waals surface area contributed by atoms with E-state index in [1.165, 1.54) is 0 Å². The number of pyridine rings is 1. The summed E-state index contributed by atoms with van der Waals surface area (Å²) in [5.74, 6) is -7.32. The minimum absolute atomic E-state index is 0.330. The molecule has 18 heavy (non-hydrogen) atoms. The number of nitrogens with zero attached hydrogens (tertiary/aromatic N) is 2. The highest BCUT2D eigenvalue weighted by molar-refractivity contribution is 5.81. The van der Waals surface area contributed by atoms with Crippen molar-refractivity contribution >= 4 is 11.6 Å². The van der Waals surface area contributed by atoms with Crippen LogP contribution in [0.25, 0.3) is 0 Å². The largest absolute Gasteiger partial charge is 0.360 e.